The number of aryl methyl sites for hydroxylation is 2. The minimum atomic E-state index is -0.178. The van der Waals surface area contributed by atoms with Crippen LogP contribution in [0.1, 0.15) is 29.0 Å². The van der Waals surface area contributed by atoms with Crippen molar-refractivity contribution < 1.29 is 9.53 Å². The number of carbonyl (C=O) groups excluding carboxylic acids is 1. The molecule has 0 spiro atoms. The van der Waals surface area contributed by atoms with E-state index in [0.717, 1.165) is 36.9 Å². The van der Waals surface area contributed by atoms with E-state index in [9.17, 15) is 4.79 Å². The average Bonchev–Trinajstić information content (AvgIpc) is 2.55. The van der Waals surface area contributed by atoms with Gasteiger partial charge in [-0.25, -0.2) is 0 Å². The first kappa shape index (κ1) is 13.6. The maximum atomic E-state index is 11.1. The zero-order valence-corrected chi connectivity index (χ0v) is 11.9. The monoisotopic (exact) mass is 278 g/mol. The molecule has 0 saturated carbocycles. The number of ether oxygens (including phenoxy) is 1. The number of hydrogen-bond donors (Lipinski definition) is 0. The van der Waals surface area contributed by atoms with Crippen LogP contribution in [0.5, 0.6) is 5.75 Å². The van der Waals surface area contributed by atoms with E-state index in [1.807, 2.05) is 18.2 Å². The molecule has 2 aromatic rings. The van der Waals surface area contributed by atoms with Crippen molar-refractivity contribution in [3.8, 4) is 5.75 Å². The van der Waals surface area contributed by atoms with Crippen LogP contribution in [-0.4, -0.2) is 6.29 Å². The van der Waals surface area contributed by atoms with Crippen LogP contribution in [0.25, 0.3) is 0 Å². The van der Waals surface area contributed by atoms with Gasteiger partial charge < -0.3 is 9.53 Å². The molecule has 3 rings (SSSR count). The Balaban J connectivity index is 1.71. The van der Waals surface area contributed by atoms with Gasteiger partial charge in [-0.2, -0.15) is 0 Å². The number of para-hydroxylation sites is 1. The Hall–Kier alpha value is -2.35. The number of hydrogen-bond acceptors (Lipinski definition) is 2. The fraction of sp³-hybridized carbons (Fsp3) is 0.211. The lowest BCUT2D eigenvalue weighted by Crippen LogP contribution is -2.07. The Morgan fingerprint density at radius 3 is 2.67 bits per heavy atom. The quantitative estimate of drug-likeness (QED) is 0.771. The van der Waals surface area contributed by atoms with Crippen molar-refractivity contribution >= 4 is 6.29 Å². The van der Waals surface area contributed by atoms with Gasteiger partial charge in [-0.1, -0.05) is 48.5 Å². The minimum Gasteiger partial charge on any atom is -0.465 e. The van der Waals surface area contributed by atoms with Gasteiger partial charge in [0.2, 0.25) is 0 Å². The van der Waals surface area contributed by atoms with Crippen LogP contribution < -0.4 is 4.74 Å². The number of aldehydes is 1. The predicted octanol–water partition coefficient (Wildman–Crippen LogP) is 4.05. The molecule has 0 aromatic heterocycles. The topological polar surface area (TPSA) is 26.3 Å². The highest BCUT2D eigenvalue weighted by Crippen LogP contribution is 2.34. The van der Waals surface area contributed by atoms with Crippen molar-refractivity contribution in [1.82, 2.24) is 0 Å². The lowest BCUT2D eigenvalue weighted by molar-refractivity contribution is -0.108. The fourth-order valence-corrected chi connectivity index (χ4v) is 2.75. The summed E-state index contributed by atoms with van der Waals surface area (Å²) in [5.74, 6) is 0.688. The summed E-state index contributed by atoms with van der Waals surface area (Å²) in [7, 11) is 0. The van der Waals surface area contributed by atoms with Gasteiger partial charge in [0.05, 0.1) is 12.2 Å². The Bertz CT molecular complexity index is 644. The van der Waals surface area contributed by atoms with Crippen LogP contribution >= 0.6 is 0 Å². The second kappa shape index (κ2) is 6.40. The standard InChI is InChI=1S/C19H18O2/c20-14-17-12-13-21-19-16(10-5-11-18(17)19)9-4-8-15-6-2-1-3-7-15/h1-3,5-7,10-14,17H,4,8-9H2. The van der Waals surface area contributed by atoms with Gasteiger partial charge in [0.25, 0.3) is 0 Å². The molecule has 0 bridgehead atoms. The zero-order valence-electron chi connectivity index (χ0n) is 11.9. The summed E-state index contributed by atoms with van der Waals surface area (Å²) >= 11 is 0. The molecule has 2 aromatic carbocycles. The molecule has 0 radical (unpaired) electrons. The third-order valence-corrected chi connectivity index (χ3v) is 3.86. The van der Waals surface area contributed by atoms with Gasteiger partial charge >= 0.3 is 0 Å². The van der Waals surface area contributed by atoms with Gasteiger partial charge in [0.15, 0.2) is 0 Å². The van der Waals surface area contributed by atoms with E-state index < -0.39 is 0 Å². The first-order valence-electron chi connectivity index (χ1n) is 7.33. The maximum absolute atomic E-state index is 11.1. The van der Waals surface area contributed by atoms with Crippen molar-refractivity contribution in [2.45, 2.75) is 25.2 Å². The summed E-state index contributed by atoms with van der Waals surface area (Å²) in [4.78, 5) is 11.1. The Morgan fingerprint density at radius 1 is 1.00 bits per heavy atom. The molecular weight excluding hydrogens is 260 g/mol. The van der Waals surface area contributed by atoms with Crippen LogP contribution in [0.2, 0.25) is 0 Å². The summed E-state index contributed by atoms with van der Waals surface area (Å²) in [6.07, 6.45) is 7.46. The molecule has 0 amide bonds. The molecule has 0 saturated heterocycles. The third-order valence-electron chi connectivity index (χ3n) is 3.86. The van der Waals surface area contributed by atoms with E-state index in [1.54, 1.807) is 12.3 Å². The van der Waals surface area contributed by atoms with E-state index in [0.29, 0.717) is 0 Å². The van der Waals surface area contributed by atoms with Crippen molar-refractivity contribution in [3.63, 3.8) is 0 Å². The molecule has 1 unspecified atom stereocenters. The highest BCUT2D eigenvalue weighted by molar-refractivity contribution is 5.69. The number of fused-ring (bicyclic) bond motifs is 1. The lowest BCUT2D eigenvalue weighted by atomic mass is 9.93. The Morgan fingerprint density at radius 2 is 1.86 bits per heavy atom. The van der Waals surface area contributed by atoms with E-state index in [4.69, 9.17) is 4.74 Å². The predicted molar refractivity (Wildman–Crippen MR) is 83.5 cm³/mol. The first-order chi connectivity index (χ1) is 10.4. The fourth-order valence-electron chi connectivity index (χ4n) is 2.75. The number of benzene rings is 2. The van der Waals surface area contributed by atoms with Crippen LogP contribution in [0.3, 0.4) is 0 Å². The smallest absolute Gasteiger partial charge is 0.133 e. The molecule has 0 aliphatic carbocycles. The molecule has 106 valence electrons. The molecular formula is C19H18O2. The van der Waals surface area contributed by atoms with E-state index in [-0.39, 0.29) is 5.92 Å². The van der Waals surface area contributed by atoms with Crippen LogP contribution in [0, 0.1) is 0 Å². The van der Waals surface area contributed by atoms with Crippen molar-refractivity contribution in [2.24, 2.45) is 0 Å². The van der Waals surface area contributed by atoms with Gasteiger partial charge in [-0.05, 0) is 36.5 Å². The van der Waals surface area contributed by atoms with Crippen LogP contribution in [0.4, 0.5) is 0 Å². The van der Waals surface area contributed by atoms with Gasteiger partial charge in [0.1, 0.15) is 12.0 Å². The van der Waals surface area contributed by atoms with Gasteiger partial charge in [-0.15, -0.1) is 0 Å². The summed E-state index contributed by atoms with van der Waals surface area (Å²) in [5.41, 5.74) is 3.51. The van der Waals surface area contributed by atoms with Crippen LogP contribution in [0.15, 0.2) is 60.9 Å². The van der Waals surface area contributed by atoms with Crippen molar-refractivity contribution in [2.75, 3.05) is 0 Å². The largest absolute Gasteiger partial charge is 0.465 e. The molecule has 0 N–H and O–H groups in total. The summed E-state index contributed by atoms with van der Waals surface area (Å²) in [6, 6.07) is 16.6. The molecule has 1 atom stereocenters. The molecule has 2 nitrogen and oxygen atoms in total. The van der Waals surface area contributed by atoms with Crippen molar-refractivity contribution in [3.05, 3.63) is 77.6 Å². The van der Waals surface area contributed by atoms with Gasteiger partial charge in [-0.3, -0.25) is 0 Å². The minimum absolute atomic E-state index is 0.178. The summed E-state index contributed by atoms with van der Waals surface area (Å²) < 4.78 is 5.65. The first-order valence-corrected chi connectivity index (χ1v) is 7.33. The molecule has 0 fully saturated rings. The normalized spacial score (nSPS) is 16.1. The highest BCUT2D eigenvalue weighted by atomic mass is 16.5. The van der Waals surface area contributed by atoms with Gasteiger partial charge in [0, 0.05) is 5.56 Å². The Kier molecular flexibility index (Phi) is 4.15. The summed E-state index contributed by atoms with van der Waals surface area (Å²) in [6.45, 7) is 0. The van der Waals surface area contributed by atoms with E-state index >= 15 is 0 Å². The lowest BCUT2D eigenvalue weighted by Gasteiger charge is -2.19. The Labute approximate surface area is 125 Å². The maximum Gasteiger partial charge on any atom is 0.133 e. The molecule has 1 heterocycles. The summed E-state index contributed by atoms with van der Waals surface area (Å²) in [5, 5.41) is 0. The van der Waals surface area contributed by atoms with Crippen LogP contribution in [-0.2, 0) is 17.6 Å². The number of allylic oxidation sites excluding steroid dienone is 1. The molecule has 1 aliphatic heterocycles. The average molecular weight is 278 g/mol. The number of carbonyl (C=O) groups is 1. The second-order valence-corrected chi connectivity index (χ2v) is 5.28. The van der Waals surface area contributed by atoms with E-state index in [1.165, 1.54) is 11.1 Å². The van der Waals surface area contributed by atoms with E-state index in [2.05, 4.69) is 30.3 Å². The van der Waals surface area contributed by atoms with Crippen molar-refractivity contribution in [1.29, 1.82) is 0 Å². The highest BCUT2D eigenvalue weighted by Gasteiger charge is 2.19. The SMILES string of the molecule is O=CC1C=COc2c(CCCc3ccccc3)cccc21. The zero-order chi connectivity index (χ0) is 14.5. The molecule has 21 heavy (non-hydrogen) atoms. The molecule has 2 heteroatoms. The number of rotatable bonds is 5. The second-order valence-electron chi connectivity index (χ2n) is 5.28. The third kappa shape index (κ3) is 3.05. The molecule has 1 aliphatic rings.